The highest BCUT2D eigenvalue weighted by Crippen LogP contribution is 2.15. The number of para-hydroxylation sites is 1. The number of hydrogen-bond donors (Lipinski definition) is 1. The van der Waals surface area contributed by atoms with Gasteiger partial charge in [0.1, 0.15) is 18.8 Å². The lowest BCUT2D eigenvalue weighted by molar-refractivity contribution is -0.686. The fourth-order valence-corrected chi connectivity index (χ4v) is 2.14. The molecule has 0 aromatic heterocycles. The van der Waals surface area contributed by atoms with Crippen molar-refractivity contribution in [3.8, 4) is 5.75 Å². The van der Waals surface area contributed by atoms with Gasteiger partial charge in [0.05, 0.1) is 7.11 Å². The Kier molecular flexibility index (Phi) is 4.62. The van der Waals surface area contributed by atoms with Crippen LogP contribution in [0.1, 0.15) is 11.1 Å². The number of ether oxygens (including phenoxy) is 1. The lowest BCUT2D eigenvalue weighted by Gasteiger charge is -2.07. The van der Waals surface area contributed by atoms with Crippen LogP contribution in [0.3, 0.4) is 0 Å². The Balaban J connectivity index is 1.92. The van der Waals surface area contributed by atoms with Crippen LogP contribution in [0.4, 0.5) is 0 Å². The average molecular weight is 263 g/mol. The molecule has 0 radical (unpaired) electrons. The number of benzene rings is 2. The summed E-state index contributed by atoms with van der Waals surface area (Å²) in [6.45, 7) is 1.81. The molecular formula is C15H17ClNO+. The molecule has 0 aliphatic rings. The van der Waals surface area contributed by atoms with E-state index in [2.05, 4.69) is 17.4 Å². The molecule has 0 unspecified atom stereocenters. The van der Waals surface area contributed by atoms with Gasteiger partial charge in [-0.25, -0.2) is 0 Å². The lowest BCUT2D eigenvalue weighted by atomic mass is 10.2. The molecule has 0 fully saturated rings. The third kappa shape index (κ3) is 3.49. The van der Waals surface area contributed by atoms with Crippen LogP contribution in [0.2, 0.25) is 5.02 Å². The standard InChI is InChI=1S/C15H16ClNO/c1-18-15-8-3-2-6-13(15)11-17-10-12-5-4-7-14(16)9-12/h2-9,17H,10-11H2,1H3/p+1. The second kappa shape index (κ2) is 6.43. The van der Waals surface area contributed by atoms with Crippen LogP contribution in [-0.2, 0) is 13.1 Å². The predicted octanol–water partition coefficient (Wildman–Crippen LogP) is 2.61. The number of rotatable bonds is 5. The maximum atomic E-state index is 5.95. The van der Waals surface area contributed by atoms with E-state index in [-0.39, 0.29) is 0 Å². The molecule has 0 aliphatic heterocycles. The van der Waals surface area contributed by atoms with E-state index in [0.717, 1.165) is 23.9 Å². The monoisotopic (exact) mass is 262 g/mol. The zero-order valence-corrected chi connectivity index (χ0v) is 11.2. The number of halogens is 1. The maximum absolute atomic E-state index is 5.95. The quantitative estimate of drug-likeness (QED) is 0.881. The smallest absolute Gasteiger partial charge is 0.127 e. The lowest BCUT2D eigenvalue weighted by Crippen LogP contribution is -2.80. The van der Waals surface area contributed by atoms with Gasteiger partial charge in [0.25, 0.3) is 0 Å². The van der Waals surface area contributed by atoms with Gasteiger partial charge in [-0.2, -0.15) is 0 Å². The first-order chi connectivity index (χ1) is 8.79. The molecule has 2 nitrogen and oxygen atoms in total. The van der Waals surface area contributed by atoms with E-state index in [1.165, 1.54) is 11.1 Å². The molecule has 18 heavy (non-hydrogen) atoms. The van der Waals surface area contributed by atoms with Crippen LogP contribution < -0.4 is 10.1 Å². The summed E-state index contributed by atoms with van der Waals surface area (Å²) in [6, 6.07) is 16.1. The molecule has 94 valence electrons. The Morgan fingerprint density at radius 3 is 2.67 bits per heavy atom. The first-order valence-corrected chi connectivity index (χ1v) is 6.35. The summed E-state index contributed by atoms with van der Waals surface area (Å²) in [6.07, 6.45) is 0. The third-order valence-electron chi connectivity index (χ3n) is 2.83. The summed E-state index contributed by atoms with van der Waals surface area (Å²) in [5.41, 5.74) is 2.44. The molecule has 3 heteroatoms. The number of hydrogen-bond acceptors (Lipinski definition) is 1. The molecular weight excluding hydrogens is 246 g/mol. The molecule has 0 bridgehead atoms. The van der Waals surface area contributed by atoms with E-state index in [4.69, 9.17) is 16.3 Å². The fraction of sp³-hybridized carbons (Fsp3) is 0.200. The van der Waals surface area contributed by atoms with E-state index >= 15 is 0 Å². The summed E-state index contributed by atoms with van der Waals surface area (Å²) < 4.78 is 5.33. The van der Waals surface area contributed by atoms with E-state index in [0.29, 0.717) is 0 Å². The van der Waals surface area contributed by atoms with Crippen molar-refractivity contribution in [2.75, 3.05) is 7.11 Å². The topological polar surface area (TPSA) is 25.8 Å². The maximum Gasteiger partial charge on any atom is 0.127 e. The van der Waals surface area contributed by atoms with Crippen molar-refractivity contribution in [1.82, 2.24) is 0 Å². The zero-order valence-electron chi connectivity index (χ0n) is 10.4. The SMILES string of the molecule is COc1ccccc1C[NH2+]Cc1cccc(Cl)c1. The Labute approximate surface area is 113 Å². The van der Waals surface area contributed by atoms with E-state index in [9.17, 15) is 0 Å². The highest BCUT2D eigenvalue weighted by atomic mass is 35.5. The number of methoxy groups -OCH3 is 1. The van der Waals surface area contributed by atoms with Gasteiger partial charge < -0.3 is 10.1 Å². The van der Waals surface area contributed by atoms with Gasteiger partial charge in [0.15, 0.2) is 0 Å². The second-order valence-corrected chi connectivity index (χ2v) is 4.58. The zero-order chi connectivity index (χ0) is 12.8. The van der Waals surface area contributed by atoms with Gasteiger partial charge in [-0.1, -0.05) is 35.9 Å². The van der Waals surface area contributed by atoms with Gasteiger partial charge in [-0.05, 0) is 24.3 Å². The van der Waals surface area contributed by atoms with Gasteiger partial charge in [0.2, 0.25) is 0 Å². The van der Waals surface area contributed by atoms with Crippen molar-refractivity contribution in [1.29, 1.82) is 0 Å². The van der Waals surface area contributed by atoms with E-state index in [1.54, 1.807) is 7.11 Å². The minimum atomic E-state index is 0.790. The van der Waals surface area contributed by atoms with Gasteiger partial charge in [0, 0.05) is 16.1 Å². The van der Waals surface area contributed by atoms with Crippen molar-refractivity contribution in [3.63, 3.8) is 0 Å². The van der Waals surface area contributed by atoms with Gasteiger partial charge in [-0.15, -0.1) is 0 Å². The molecule has 0 heterocycles. The van der Waals surface area contributed by atoms with Crippen LogP contribution in [0.5, 0.6) is 5.75 Å². The van der Waals surface area contributed by atoms with Gasteiger partial charge in [-0.3, -0.25) is 0 Å². The van der Waals surface area contributed by atoms with Crippen LogP contribution in [0.15, 0.2) is 48.5 Å². The van der Waals surface area contributed by atoms with E-state index < -0.39 is 0 Å². The summed E-state index contributed by atoms with van der Waals surface area (Å²) in [5.74, 6) is 0.944. The Morgan fingerprint density at radius 1 is 1.06 bits per heavy atom. The molecule has 0 saturated carbocycles. The van der Waals surface area contributed by atoms with Crippen molar-refractivity contribution in [2.45, 2.75) is 13.1 Å². The van der Waals surface area contributed by atoms with Crippen molar-refractivity contribution >= 4 is 11.6 Å². The summed E-state index contributed by atoms with van der Waals surface area (Å²) >= 11 is 5.95. The fourth-order valence-electron chi connectivity index (χ4n) is 1.93. The van der Waals surface area contributed by atoms with Crippen LogP contribution in [0.25, 0.3) is 0 Å². The number of quaternary nitrogens is 1. The molecule has 2 aromatic rings. The molecule has 2 aromatic carbocycles. The highest BCUT2D eigenvalue weighted by Gasteiger charge is 2.03. The van der Waals surface area contributed by atoms with Crippen LogP contribution in [-0.4, -0.2) is 7.11 Å². The summed E-state index contributed by atoms with van der Waals surface area (Å²) in [5, 5.41) is 3.03. The predicted molar refractivity (Wildman–Crippen MR) is 73.8 cm³/mol. The molecule has 2 N–H and O–H groups in total. The van der Waals surface area contributed by atoms with Crippen LogP contribution >= 0.6 is 11.6 Å². The van der Waals surface area contributed by atoms with Crippen molar-refractivity contribution in [2.24, 2.45) is 0 Å². The molecule has 0 spiro atoms. The minimum absolute atomic E-state index is 0.790. The second-order valence-electron chi connectivity index (χ2n) is 4.14. The minimum Gasteiger partial charge on any atom is -0.496 e. The molecule has 0 aliphatic carbocycles. The molecule has 2 rings (SSSR count). The highest BCUT2D eigenvalue weighted by molar-refractivity contribution is 6.30. The van der Waals surface area contributed by atoms with Crippen molar-refractivity contribution < 1.29 is 10.1 Å². The Hall–Kier alpha value is -1.51. The largest absolute Gasteiger partial charge is 0.496 e. The van der Waals surface area contributed by atoms with Crippen LogP contribution in [0, 0.1) is 0 Å². The number of nitrogens with two attached hydrogens (primary N) is 1. The molecule has 0 atom stereocenters. The molecule has 0 amide bonds. The average Bonchev–Trinajstić information content (AvgIpc) is 2.39. The first-order valence-electron chi connectivity index (χ1n) is 5.97. The van der Waals surface area contributed by atoms with E-state index in [1.807, 2.05) is 36.4 Å². The summed E-state index contributed by atoms with van der Waals surface area (Å²) in [4.78, 5) is 0. The third-order valence-corrected chi connectivity index (χ3v) is 3.06. The Bertz CT molecular complexity index is 513. The molecule has 0 saturated heterocycles. The summed E-state index contributed by atoms with van der Waals surface area (Å²) in [7, 11) is 1.70. The normalized spacial score (nSPS) is 10.3. The first kappa shape index (κ1) is 12.9. The van der Waals surface area contributed by atoms with Crippen molar-refractivity contribution in [3.05, 3.63) is 64.7 Å². The Morgan fingerprint density at radius 2 is 1.89 bits per heavy atom. The van der Waals surface area contributed by atoms with Gasteiger partial charge >= 0.3 is 0 Å².